The number of carbonyl (C=O) groups is 1. The molecule has 0 radical (unpaired) electrons. The predicted octanol–water partition coefficient (Wildman–Crippen LogP) is 0.533. The fraction of sp³-hybridized carbons (Fsp3) is 0.526. The van der Waals surface area contributed by atoms with Crippen molar-refractivity contribution in [3.05, 3.63) is 18.5 Å². The molecular weight excluding hydrogens is 388 g/mol. The zero-order valence-electron chi connectivity index (χ0n) is 17.1. The number of anilines is 2. The smallest absolute Gasteiger partial charge is 0.317 e. The van der Waals surface area contributed by atoms with Crippen molar-refractivity contribution in [3.63, 3.8) is 0 Å². The Morgan fingerprint density at radius 1 is 1.27 bits per heavy atom. The first kappa shape index (κ1) is 20.1. The molecule has 1 saturated heterocycles. The number of nitrogens with one attached hydrogen (secondary N) is 1. The largest absolute Gasteiger partial charge is 0.474 e. The molecule has 160 valence electrons. The fourth-order valence-corrected chi connectivity index (χ4v) is 3.46. The normalized spacial score (nSPS) is 20.9. The summed E-state index contributed by atoms with van der Waals surface area (Å²) in [6.07, 6.45) is 4.76. The van der Waals surface area contributed by atoms with Gasteiger partial charge in [0.05, 0.1) is 18.9 Å². The molecule has 1 saturated carbocycles. The lowest BCUT2D eigenvalue weighted by Crippen LogP contribution is -2.52. The molecule has 0 aromatic carbocycles. The van der Waals surface area contributed by atoms with Crippen molar-refractivity contribution in [1.29, 1.82) is 0 Å². The van der Waals surface area contributed by atoms with Gasteiger partial charge in [-0.3, -0.25) is 0 Å². The Morgan fingerprint density at radius 2 is 1.97 bits per heavy atom. The van der Waals surface area contributed by atoms with Crippen LogP contribution in [0.25, 0.3) is 11.3 Å². The zero-order chi connectivity index (χ0) is 21.1. The third kappa shape index (κ3) is 4.35. The van der Waals surface area contributed by atoms with Crippen molar-refractivity contribution >= 4 is 17.9 Å². The average molecular weight is 414 g/mol. The number of morpholine rings is 1. The Labute approximate surface area is 174 Å². The highest BCUT2D eigenvalue weighted by Gasteiger charge is 2.36. The van der Waals surface area contributed by atoms with E-state index in [-0.39, 0.29) is 24.1 Å². The van der Waals surface area contributed by atoms with Crippen molar-refractivity contribution in [2.75, 3.05) is 51.0 Å². The van der Waals surface area contributed by atoms with E-state index in [1.807, 2.05) is 0 Å². The number of hydrogen-bond donors (Lipinski definition) is 2. The number of aromatic nitrogens is 4. The van der Waals surface area contributed by atoms with Gasteiger partial charge in [0.15, 0.2) is 0 Å². The van der Waals surface area contributed by atoms with E-state index in [0.717, 1.165) is 18.4 Å². The van der Waals surface area contributed by atoms with Crippen molar-refractivity contribution in [2.45, 2.75) is 25.0 Å². The Hall–Kier alpha value is -3.21. The van der Waals surface area contributed by atoms with E-state index in [1.54, 1.807) is 37.5 Å². The maximum atomic E-state index is 11.8. The van der Waals surface area contributed by atoms with Crippen LogP contribution in [0.3, 0.4) is 0 Å². The Bertz CT molecular complexity index is 882. The lowest BCUT2D eigenvalue weighted by molar-refractivity contribution is 0.0409. The van der Waals surface area contributed by atoms with Gasteiger partial charge < -0.3 is 30.3 Å². The summed E-state index contributed by atoms with van der Waals surface area (Å²) in [6.45, 7) is 2.68. The molecular formula is C19H26N8O3. The molecule has 0 unspecified atom stereocenters. The summed E-state index contributed by atoms with van der Waals surface area (Å²) in [5.74, 6) is 1.28. The number of hydrogen-bond acceptors (Lipinski definition) is 9. The maximum absolute atomic E-state index is 11.8. The number of carbonyl (C=O) groups excluding carboxylic acids is 1. The van der Waals surface area contributed by atoms with Crippen molar-refractivity contribution in [3.8, 4) is 17.1 Å². The van der Waals surface area contributed by atoms with E-state index in [1.165, 1.54) is 0 Å². The van der Waals surface area contributed by atoms with E-state index in [2.05, 4.69) is 30.2 Å². The van der Waals surface area contributed by atoms with Gasteiger partial charge in [0.25, 0.3) is 0 Å². The molecule has 11 heteroatoms. The van der Waals surface area contributed by atoms with Gasteiger partial charge >= 0.3 is 6.03 Å². The number of rotatable bonds is 5. The fourth-order valence-electron chi connectivity index (χ4n) is 3.46. The molecule has 1 aliphatic heterocycles. The summed E-state index contributed by atoms with van der Waals surface area (Å²) in [7, 11) is 3.42. The van der Waals surface area contributed by atoms with Crippen LogP contribution in [0.15, 0.2) is 18.5 Å². The van der Waals surface area contributed by atoms with Crippen molar-refractivity contribution < 1.29 is 14.3 Å². The SMILES string of the molecule is CNC(=O)N(C)C1CC(Oc2cc(-c3cnc(N)nc3)nc(N3CCOCC3)n2)C1. The molecule has 0 atom stereocenters. The van der Waals surface area contributed by atoms with Crippen LogP contribution in [-0.4, -0.2) is 83.4 Å². The average Bonchev–Trinajstić information content (AvgIpc) is 2.76. The molecule has 2 aromatic rings. The molecule has 3 heterocycles. The minimum Gasteiger partial charge on any atom is -0.474 e. The van der Waals surface area contributed by atoms with Crippen molar-refractivity contribution in [1.82, 2.24) is 30.2 Å². The second-order valence-corrected chi connectivity index (χ2v) is 7.35. The molecule has 2 aliphatic rings. The Balaban J connectivity index is 1.52. The highest BCUT2D eigenvalue weighted by molar-refractivity contribution is 5.74. The summed E-state index contributed by atoms with van der Waals surface area (Å²) in [5.41, 5.74) is 7.01. The minimum atomic E-state index is -0.0965. The summed E-state index contributed by atoms with van der Waals surface area (Å²) in [5, 5.41) is 2.64. The van der Waals surface area contributed by atoms with Gasteiger partial charge in [-0.1, -0.05) is 0 Å². The third-order valence-electron chi connectivity index (χ3n) is 5.39. The number of nitrogens with zero attached hydrogens (tertiary/aromatic N) is 6. The van der Waals surface area contributed by atoms with Gasteiger partial charge in [0.1, 0.15) is 6.10 Å². The van der Waals surface area contributed by atoms with Gasteiger partial charge in [0.2, 0.25) is 17.8 Å². The molecule has 1 aliphatic carbocycles. The molecule has 2 aromatic heterocycles. The lowest BCUT2D eigenvalue weighted by atomic mass is 9.88. The molecule has 4 rings (SSSR count). The van der Waals surface area contributed by atoms with E-state index < -0.39 is 0 Å². The summed E-state index contributed by atoms with van der Waals surface area (Å²) >= 11 is 0. The highest BCUT2D eigenvalue weighted by atomic mass is 16.5. The van der Waals surface area contributed by atoms with Gasteiger partial charge in [-0.05, 0) is 0 Å². The second-order valence-electron chi connectivity index (χ2n) is 7.35. The molecule has 0 bridgehead atoms. The zero-order valence-corrected chi connectivity index (χ0v) is 17.1. The topological polar surface area (TPSA) is 132 Å². The number of amides is 2. The van der Waals surface area contributed by atoms with Gasteiger partial charge in [0, 0.05) is 70.1 Å². The van der Waals surface area contributed by atoms with E-state index >= 15 is 0 Å². The van der Waals surface area contributed by atoms with Crippen molar-refractivity contribution in [2.24, 2.45) is 0 Å². The molecule has 3 N–H and O–H groups in total. The first-order chi connectivity index (χ1) is 14.5. The first-order valence-corrected chi connectivity index (χ1v) is 9.94. The van der Waals surface area contributed by atoms with Gasteiger partial charge in [-0.15, -0.1) is 0 Å². The number of nitrogens with two attached hydrogens (primary N) is 1. The molecule has 30 heavy (non-hydrogen) atoms. The van der Waals surface area contributed by atoms with Crippen LogP contribution in [0.2, 0.25) is 0 Å². The van der Waals surface area contributed by atoms with E-state index in [0.29, 0.717) is 43.8 Å². The van der Waals surface area contributed by atoms with E-state index in [9.17, 15) is 4.79 Å². The Kier molecular flexibility index (Phi) is 5.79. The van der Waals surface area contributed by atoms with Crippen LogP contribution < -0.4 is 20.7 Å². The lowest BCUT2D eigenvalue weighted by Gasteiger charge is -2.40. The standard InChI is InChI=1S/C19H26N8O3/c1-21-19(28)26(2)13-7-14(8-13)30-16-9-15(12-10-22-17(20)23-11-12)24-18(25-16)27-3-5-29-6-4-27/h9-11,13-14H,3-8H2,1-2H3,(H,21,28)(H2,20,22,23). The predicted molar refractivity (Wildman–Crippen MR) is 110 cm³/mol. The Morgan fingerprint density at radius 3 is 2.63 bits per heavy atom. The second kappa shape index (κ2) is 8.66. The monoisotopic (exact) mass is 414 g/mol. The van der Waals surface area contributed by atoms with Gasteiger partial charge in [-0.2, -0.15) is 4.98 Å². The molecule has 0 spiro atoms. The summed E-state index contributed by atoms with van der Waals surface area (Å²) in [6, 6.07) is 1.84. The summed E-state index contributed by atoms with van der Waals surface area (Å²) in [4.78, 5) is 33.0. The number of urea groups is 1. The maximum Gasteiger partial charge on any atom is 0.317 e. The number of nitrogen functional groups attached to an aromatic ring is 1. The van der Waals surface area contributed by atoms with E-state index in [4.69, 9.17) is 15.2 Å². The van der Waals surface area contributed by atoms with Crippen LogP contribution in [0.4, 0.5) is 16.7 Å². The minimum absolute atomic E-state index is 0.00920. The van der Waals surface area contributed by atoms with Crippen LogP contribution in [-0.2, 0) is 4.74 Å². The first-order valence-electron chi connectivity index (χ1n) is 9.94. The van der Waals surface area contributed by atoms with Crippen LogP contribution >= 0.6 is 0 Å². The van der Waals surface area contributed by atoms with Gasteiger partial charge in [-0.25, -0.2) is 19.7 Å². The molecule has 2 fully saturated rings. The molecule has 2 amide bonds. The quantitative estimate of drug-likeness (QED) is 0.719. The molecule has 11 nitrogen and oxygen atoms in total. The van der Waals surface area contributed by atoms with Crippen LogP contribution in [0, 0.1) is 0 Å². The third-order valence-corrected chi connectivity index (χ3v) is 5.39. The van der Waals surface area contributed by atoms with Crippen LogP contribution in [0.1, 0.15) is 12.8 Å². The summed E-state index contributed by atoms with van der Waals surface area (Å²) < 4.78 is 11.6. The highest BCUT2D eigenvalue weighted by Crippen LogP contribution is 2.31. The number of ether oxygens (including phenoxy) is 2. The van der Waals surface area contributed by atoms with Crippen LogP contribution in [0.5, 0.6) is 5.88 Å².